The van der Waals surface area contributed by atoms with Crippen LogP contribution in [0.5, 0.6) is 0 Å². The summed E-state index contributed by atoms with van der Waals surface area (Å²) in [6.07, 6.45) is 1.89. The number of likely N-dealkylation sites (N-methyl/N-ethyl adjacent to an activating group) is 1. The van der Waals surface area contributed by atoms with E-state index in [0.29, 0.717) is 18.8 Å². The molecule has 2 aromatic rings. The van der Waals surface area contributed by atoms with Gasteiger partial charge < -0.3 is 9.72 Å². The molecule has 5 nitrogen and oxygen atoms in total. The molecule has 4 unspecified atom stereocenters. The number of ether oxygens (including phenoxy) is 1. The number of carbonyl (C=O) groups is 2. The van der Waals surface area contributed by atoms with Crippen LogP contribution in [0.25, 0.3) is 10.9 Å². The Balaban J connectivity index is 1.85. The molecule has 138 valence electrons. The third-order valence-electron chi connectivity index (χ3n) is 6.25. The second kappa shape index (κ2) is 6.54. The first-order chi connectivity index (χ1) is 12.5. The normalized spacial score (nSPS) is 29.1. The smallest absolute Gasteiger partial charge is 0.302 e. The summed E-state index contributed by atoms with van der Waals surface area (Å²) in [6.45, 7) is 4.56. The number of H-pyrrole nitrogens is 1. The first-order valence-electron chi connectivity index (χ1n) is 9.49. The molecule has 1 fully saturated rings. The number of aromatic nitrogens is 1. The third kappa shape index (κ3) is 2.75. The summed E-state index contributed by atoms with van der Waals surface area (Å²) in [6, 6.07) is 8.16. The lowest BCUT2D eigenvalue weighted by Gasteiger charge is -2.48. The predicted octanol–water partition coefficient (Wildman–Crippen LogP) is 3.18. The van der Waals surface area contributed by atoms with Crippen molar-refractivity contribution in [1.82, 2.24) is 9.88 Å². The molecule has 4 rings (SSSR count). The number of aromatic amines is 1. The zero-order valence-electron chi connectivity index (χ0n) is 15.6. The van der Waals surface area contributed by atoms with Gasteiger partial charge in [0.1, 0.15) is 6.10 Å². The number of ketones is 1. The molecule has 1 aliphatic carbocycles. The van der Waals surface area contributed by atoms with E-state index < -0.39 is 0 Å². The second-order valence-electron chi connectivity index (χ2n) is 7.77. The van der Waals surface area contributed by atoms with Crippen LogP contribution >= 0.6 is 0 Å². The van der Waals surface area contributed by atoms with Gasteiger partial charge in [0.15, 0.2) is 5.78 Å². The second-order valence-corrected chi connectivity index (χ2v) is 7.77. The Labute approximate surface area is 153 Å². The Kier molecular flexibility index (Phi) is 4.35. The summed E-state index contributed by atoms with van der Waals surface area (Å²) in [5.74, 6) is 0.315. The van der Waals surface area contributed by atoms with Crippen LogP contribution in [0, 0.1) is 11.8 Å². The molecule has 1 N–H and O–H groups in total. The number of likely N-dealkylation sites (tertiary alicyclic amines) is 1. The average molecular weight is 354 g/mol. The SMILES string of the molecule is CCC1CN(C)C2Cc3c([nH]c4ccccc34)C(=O)CC1C2OC(C)=O. The molecule has 1 aliphatic heterocycles. The summed E-state index contributed by atoms with van der Waals surface area (Å²) in [7, 11) is 2.11. The van der Waals surface area contributed by atoms with Gasteiger partial charge in [-0.05, 0) is 31.0 Å². The molecule has 0 saturated carbocycles. The van der Waals surface area contributed by atoms with Gasteiger partial charge in [-0.25, -0.2) is 0 Å². The van der Waals surface area contributed by atoms with Crippen molar-refractivity contribution in [3.05, 3.63) is 35.5 Å². The van der Waals surface area contributed by atoms with Crippen molar-refractivity contribution in [2.24, 2.45) is 11.8 Å². The molecule has 2 bridgehead atoms. The molecule has 5 heteroatoms. The number of carbonyl (C=O) groups excluding carboxylic acids is 2. The van der Waals surface area contributed by atoms with E-state index in [9.17, 15) is 9.59 Å². The number of hydrogen-bond acceptors (Lipinski definition) is 4. The third-order valence-corrected chi connectivity index (χ3v) is 6.25. The minimum absolute atomic E-state index is 0.0807. The van der Waals surface area contributed by atoms with Gasteiger partial charge in [-0.15, -0.1) is 0 Å². The summed E-state index contributed by atoms with van der Waals surface area (Å²) >= 11 is 0. The number of benzene rings is 1. The lowest BCUT2D eigenvalue weighted by Crippen LogP contribution is -2.58. The highest BCUT2D eigenvalue weighted by Crippen LogP contribution is 2.40. The van der Waals surface area contributed by atoms with Crippen molar-refractivity contribution in [2.75, 3.05) is 13.6 Å². The van der Waals surface area contributed by atoms with Crippen LogP contribution in [0.15, 0.2) is 24.3 Å². The van der Waals surface area contributed by atoms with Crippen molar-refractivity contribution in [3.8, 4) is 0 Å². The number of piperidine rings is 1. The fourth-order valence-electron chi connectivity index (χ4n) is 4.96. The highest BCUT2D eigenvalue weighted by Gasteiger charge is 2.46. The zero-order chi connectivity index (χ0) is 18.4. The fourth-order valence-corrected chi connectivity index (χ4v) is 4.96. The van der Waals surface area contributed by atoms with Crippen molar-refractivity contribution in [2.45, 2.75) is 45.3 Å². The van der Waals surface area contributed by atoms with Crippen LogP contribution in [-0.4, -0.2) is 47.4 Å². The fraction of sp³-hybridized carbons (Fsp3) is 0.524. The standard InChI is InChI=1S/C21H26N2O3/c1-4-13-11-23(3)18-9-16-14-7-5-6-8-17(14)22-20(16)19(25)10-15(13)21(18)26-12(2)24/h5-8,13,15,18,21-22H,4,9-11H2,1-3H3. The van der Waals surface area contributed by atoms with Gasteiger partial charge in [0.25, 0.3) is 0 Å². The maximum Gasteiger partial charge on any atom is 0.302 e. The molecule has 2 aliphatic rings. The van der Waals surface area contributed by atoms with Crippen LogP contribution in [-0.2, 0) is 16.0 Å². The molecule has 4 atom stereocenters. The Hall–Kier alpha value is -2.14. The number of para-hydroxylation sites is 1. The van der Waals surface area contributed by atoms with Crippen LogP contribution < -0.4 is 0 Å². The number of esters is 1. The molecular weight excluding hydrogens is 328 g/mol. The highest BCUT2D eigenvalue weighted by molar-refractivity contribution is 6.02. The minimum atomic E-state index is -0.262. The van der Waals surface area contributed by atoms with Crippen LogP contribution in [0.1, 0.15) is 42.7 Å². The van der Waals surface area contributed by atoms with Gasteiger partial charge >= 0.3 is 5.97 Å². The Bertz CT molecular complexity index is 856. The molecule has 1 saturated heterocycles. The number of Topliss-reactive ketones (excluding diaryl/α,β-unsaturated/α-hetero) is 1. The molecule has 1 aromatic heterocycles. The minimum Gasteiger partial charge on any atom is -0.461 e. The van der Waals surface area contributed by atoms with Crippen molar-refractivity contribution >= 4 is 22.7 Å². The molecule has 0 amide bonds. The zero-order valence-corrected chi connectivity index (χ0v) is 15.6. The van der Waals surface area contributed by atoms with Gasteiger partial charge in [-0.2, -0.15) is 0 Å². The van der Waals surface area contributed by atoms with E-state index in [1.54, 1.807) is 0 Å². The predicted molar refractivity (Wildman–Crippen MR) is 100 cm³/mol. The van der Waals surface area contributed by atoms with Crippen molar-refractivity contribution < 1.29 is 14.3 Å². The lowest BCUT2D eigenvalue weighted by atomic mass is 9.72. The number of fused-ring (bicyclic) bond motifs is 5. The van der Waals surface area contributed by atoms with Gasteiger partial charge in [-0.1, -0.05) is 31.5 Å². The monoisotopic (exact) mass is 354 g/mol. The Morgan fingerprint density at radius 3 is 2.81 bits per heavy atom. The lowest BCUT2D eigenvalue weighted by molar-refractivity contribution is -0.160. The van der Waals surface area contributed by atoms with Gasteiger partial charge in [0.05, 0.1) is 11.7 Å². The van der Waals surface area contributed by atoms with E-state index in [4.69, 9.17) is 4.74 Å². The number of nitrogens with zero attached hydrogens (tertiary/aromatic N) is 1. The van der Waals surface area contributed by atoms with Gasteiger partial charge in [0, 0.05) is 36.7 Å². The first kappa shape index (κ1) is 17.3. The van der Waals surface area contributed by atoms with E-state index in [1.807, 2.05) is 18.2 Å². The van der Waals surface area contributed by atoms with E-state index >= 15 is 0 Å². The molecular formula is C21H26N2O3. The van der Waals surface area contributed by atoms with Crippen molar-refractivity contribution in [3.63, 3.8) is 0 Å². The highest BCUT2D eigenvalue weighted by atomic mass is 16.5. The molecule has 26 heavy (non-hydrogen) atoms. The topological polar surface area (TPSA) is 62.4 Å². The van der Waals surface area contributed by atoms with E-state index in [1.165, 1.54) is 6.92 Å². The molecule has 1 aromatic carbocycles. The van der Waals surface area contributed by atoms with Crippen LogP contribution in [0.4, 0.5) is 0 Å². The Morgan fingerprint density at radius 1 is 1.31 bits per heavy atom. The molecule has 2 heterocycles. The summed E-state index contributed by atoms with van der Waals surface area (Å²) in [5, 5.41) is 1.10. The first-order valence-corrected chi connectivity index (χ1v) is 9.49. The van der Waals surface area contributed by atoms with E-state index in [-0.39, 0.29) is 29.8 Å². The summed E-state index contributed by atoms with van der Waals surface area (Å²) in [4.78, 5) is 30.6. The van der Waals surface area contributed by atoms with Crippen LogP contribution in [0.3, 0.4) is 0 Å². The van der Waals surface area contributed by atoms with Crippen molar-refractivity contribution in [1.29, 1.82) is 0 Å². The summed E-state index contributed by atoms with van der Waals surface area (Å²) in [5.41, 5.74) is 2.81. The molecule has 0 spiro atoms. The van der Waals surface area contributed by atoms with E-state index in [2.05, 4.69) is 29.9 Å². The maximum absolute atomic E-state index is 13.1. The van der Waals surface area contributed by atoms with Gasteiger partial charge in [-0.3, -0.25) is 14.5 Å². The van der Waals surface area contributed by atoms with E-state index in [0.717, 1.165) is 35.1 Å². The number of rotatable bonds is 2. The molecule has 0 radical (unpaired) electrons. The number of hydrogen-bond donors (Lipinski definition) is 1. The summed E-state index contributed by atoms with van der Waals surface area (Å²) < 4.78 is 5.81. The van der Waals surface area contributed by atoms with Crippen LogP contribution in [0.2, 0.25) is 0 Å². The quantitative estimate of drug-likeness (QED) is 0.842. The number of nitrogens with one attached hydrogen (secondary N) is 1. The average Bonchev–Trinajstić information content (AvgIpc) is 2.97. The largest absolute Gasteiger partial charge is 0.461 e. The Morgan fingerprint density at radius 2 is 2.08 bits per heavy atom. The van der Waals surface area contributed by atoms with Gasteiger partial charge in [0.2, 0.25) is 0 Å². The maximum atomic E-state index is 13.1.